The average molecular weight is 590 g/mol. The number of nitrogens with zero attached hydrogens (tertiary/aromatic N) is 3. The standard InChI is InChI=1S/C28H27F4N5O3S/c1-36-10-9-22(20(29)13-36)35-21-7-4-8-23-19(21)11-24(37(23)15-28(30,31)32)26-34-16(14-41-26)12-33-25(38)17-5-2-3-6-18(17)27(39)40/h2-8,11,14,20,22,35H,9-10,12-13,15H2,1H3,(H,33,38)(H,39,40)/t20-,22+/m0/s1. The zero-order valence-electron chi connectivity index (χ0n) is 21.9. The Hall–Kier alpha value is -3.97. The van der Waals surface area contributed by atoms with Crippen molar-refractivity contribution in [2.45, 2.75) is 37.9 Å². The molecule has 2 aromatic heterocycles. The number of carbonyl (C=O) groups excluding carboxylic acids is 1. The van der Waals surface area contributed by atoms with Gasteiger partial charge in [-0.05, 0) is 43.8 Å². The highest BCUT2D eigenvalue weighted by Crippen LogP contribution is 2.37. The third-order valence-corrected chi connectivity index (χ3v) is 7.89. The van der Waals surface area contributed by atoms with E-state index in [0.717, 1.165) is 15.9 Å². The molecule has 0 aliphatic carbocycles. The molecule has 1 saturated heterocycles. The molecule has 0 unspecified atom stereocenters. The Kier molecular flexibility index (Phi) is 8.00. The maximum Gasteiger partial charge on any atom is 0.406 e. The molecular weight excluding hydrogens is 562 g/mol. The van der Waals surface area contributed by atoms with Crippen LogP contribution in [0.25, 0.3) is 21.6 Å². The number of hydrogen-bond donors (Lipinski definition) is 3. The first-order valence-electron chi connectivity index (χ1n) is 12.8. The van der Waals surface area contributed by atoms with Gasteiger partial charge in [-0.25, -0.2) is 14.2 Å². The van der Waals surface area contributed by atoms with Crippen molar-refractivity contribution in [3.8, 4) is 10.7 Å². The van der Waals surface area contributed by atoms with Crippen molar-refractivity contribution in [1.82, 2.24) is 19.8 Å². The Morgan fingerprint density at radius 1 is 1.15 bits per heavy atom. The molecule has 0 spiro atoms. The third kappa shape index (κ3) is 6.35. The van der Waals surface area contributed by atoms with Crippen LogP contribution in [0.2, 0.25) is 0 Å². The number of carboxylic acids is 1. The lowest BCUT2D eigenvalue weighted by atomic mass is 10.0. The summed E-state index contributed by atoms with van der Waals surface area (Å²) in [6.45, 7) is -0.320. The summed E-state index contributed by atoms with van der Waals surface area (Å²) in [6, 6.07) is 11.9. The monoisotopic (exact) mass is 589 g/mol. The lowest BCUT2D eigenvalue weighted by molar-refractivity contribution is -0.139. The molecule has 1 aliphatic heterocycles. The van der Waals surface area contributed by atoms with E-state index in [2.05, 4.69) is 15.6 Å². The van der Waals surface area contributed by atoms with Crippen molar-refractivity contribution < 1.29 is 32.3 Å². The Morgan fingerprint density at radius 3 is 2.61 bits per heavy atom. The van der Waals surface area contributed by atoms with E-state index in [1.807, 2.05) is 11.9 Å². The van der Waals surface area contributed by atoms with Gasteiger partial charge in [-0.3, -0.25) is 4.79 Å². The fraction of sp³-hybridized carbons (Fsp3) is 0.321. The number of aromatic nitrogens is 2. The van der Waals surface area contributed by atoms with E-state index in [1.165, 1.54) is 18.2 Å². The van der Waals surface area contributed by atoms with Crippen molar-refractivity contribution in [3.05, 3.63) is 70.7 Å². The molecule has 3 heterocycles. The van der Waals surface area contributed by atoms with Crippen LogP contribution >= 0.6 is 11.3 Å². The van der Waals surface area contributed by atoms with E-state index < -0.39 is 36.8 Å². The number of carbonyl (C=O) groups is 2. The number of piperidine rings is 1. The van der Waals surface area contributed by atoms with E-state index in [1.54, 1.807) is 35.7 Å². The number of amides is 1. The van der Waals surface area contributed by atoms with E-state index in [-0.39, 0.29) is 29.9 Å². The Balaban J connectivity index is 1.42. The lowest BCUT2D eigenvalue weighted by Gasteiger charge is -2.33. The number of hydrogen-bond acceptors (Lipinski definition) is 6. The summed E-state index contributed by atoms with van der Waals surface area (Å²) >= 11 is 1.13. The van der Waals surface area contributed by atoms with Crippen LogP contribution in [0.3, 0.4) is 0 Å². The summed E-state index contributed by atoms with van der Waals surface area (Å²) in [5.74, 6) is -1.85. The van der Waals surface area contributed by atoms with Crippen LogP contribution in [-0.4, -0.2) is 70.0 Å². The minimum atomic E-state index is -4.51. The first-order valence-corrected chi connectivity index (χ1v) is 13.7. The number of fused-ring (bicyclic) bond motifs is 1. The van der Waals surface area contributed by atoms with Gasteiger partial charge in [0.2, 0.25) is 0 Å². The summed E-state index contributed by atoms with van der Waals surface area (Å²) in [4.78, 5) is 30.4. The van der Waals surface area contributed by atoms with Crippen LogP contribution in [0, 0.1) is 0 Å². The van der Waals surface area contributed by atoms with Gasteiger partial charge in [-0.1, -0.05) is 18.2 Å². The molecule has 3 N–H and O–H groups in total. The fourth-order valence-corrected chi connectivity index (χ4v) is 5.84. The number of thiazole rings is 1. The maximum absolute atomic E-state index is 14.7. The predicted octanol–water partition coefficient (Wildman–Crippen LogP) is 5.41. The number of alkyl halides is 4. The van der Waals surface area contributed by atoms with Crippen molar-refractivity contribution in [3.63, 3.8) is 0 Å². The summed E-state index contributed by atoms with van der Waals surface area (Å²) in [7, 11) is 1.84. The number of carboxylic acid groups (broad SMARTS) is 1. The number of likely N-dealkylation sites (tertiary alicyclic amines) is 1. The summed E-state index contributed by atoms with van der Waals surface area (Å²) in [6.07, 6.45) is -5.07. The quantitative estimate of drug-likeness (QED) is 0.238. The lowest BCUT2D eigenvalue weighted by Crippen LogP contribution is -2.46. The molecule has 0 saturated carbocycles. The molecule has 2 aromatic carbocycles. The zero-order valence-corrected chi connectivity index (χ0v) is 22.7. The van der Waals surface area contributed by atoms with E-state index in [9.17, 15) is 32.3 Å². The highest BCUT2D eigenvalue weighted by Gasteiger charge is 2.32. The summed E-state index contributed by atoms with van der Waals surface area (Å²) < 4.78 is 56.9. The molecular formula is C28H27F4N5O3S. The van der Waals surface area contributed by atoms with Crippen molar-refractivity contribution in [1.29, 1.82) is 0 Å². The van der Waals surface area contributed by atoms with Crippen LogP contribution < -0.4 is 10.6 Å². The van der Waals surface area contributed by atoms with Gasteiger partial charge in [0.05, 0.1) is 40.6 Å². The minimum absolute atomic E-state index is 0.0130. The second-order valence-corrected chi connectivity index (χ2v) is 10.8. The number of anilines is 1. The van der Waals surface area contributed by atoms with Crippen molar-refractivity contribution in [2.24, 2.45) is 0 Å². The summed E-state index contributed by atoms with van der Waals surface area (Å²) in [5.41, 5.74) is 1.36. The third-order valence-electron chi connectivity index (χ3n) is 6.97. The van der Waals surface area contributed by atoms with Gasteiger partial charge in [0.25, 0.3) is 5.91 Å². The maximum atomic E-state index is 14.7. The molecule has 1 fully saturated rings. The largest absolute Gasteiger partial charge is 0.478 e. The van der Waals surface area contributed by atoms with Crippen molar-refractivity contribution in [2.75, 3.05) is 25.5 Å². The smallest absolute Gasteiger partial charge is 0.406 e. The molecule has 1 aliphatic rings. The number of nitrogens with one attached hydrogen (secondary N) is 2. The SMILES string of the molecule is CN1CC[C@@H](Nc2cccc3c2cc(-c2nc(CNC(=O)c4ccccc4C(=O)O)cs2)n3CC(F)(F)F)[C@@H](F)C1. The van der Waals surface area contributed by atoms with Crippen LogP contribution in [0.4, 0.5) is 23.2 Å². The van der Waals surface area contributed by atoms with E-state index in [4.69, 9.17) is 0 Å². The molecule has 2 atom stereocenters. The van der Waals surface area contributed by atoms with Gasteiger partial charge < -0.3 is 25.2 Å². The second-order valence-electron chi connectivity index (χ2n) is 9.96. The average Bonchev–Trinajstić information content (AvgIpc) is 3.53. The highest BCUT2D eigenvalue weighted by molar-refractivity contribution is 7.13. The highest BCUT2D eigenvalue weighted by atomic mass is 32.1. The zero-order chi connectivity index (χ0) is 29.3. The van der Waals surface area contributed by atoms with Gasteiger partial charge in [0.15, 0.2) is 0 Å². The van der Waals surface area contributed by atoms with Gasteiger partial charge in [0.1, 0.15) is 17.7 Å². The molecule has 41 heavy (non-hydrogen) atoms. The molecule has 0 radical (unpaired) electrons. The Bertz CT molecular complexity index is 1580. The van der Waals surface area contributed by atoms with Crippen LogP contribution in [0.5, 0.6) is 0 Å². The molecule has 4 aromatic rings. The first kappa shape index (κ1) is 28.6. The van der Waals surface area contributed by atoms with E-state index >= 15 is 0 Å². The summed E-state index contributed by atoms with van der Waals surface area (Å²) in [5, 5.41) is 17.6. The fourth-order valence-electron chi connectivity index (χ4n) is 5.00. The number of aromatic carboxylic acids is 1. The molecule has 0 bridgehead atoms. The Morgan fingerprint density at radius 2 is 1.90 bits per heavy atom. The normalized spacial score (nSPS) is 18.0. The van der Waals surface area contributed by atoms with Crippen LogP contribution in [-0.2, 0) is 13.1 Å². The van der Waals surface area contributed by atoms with Gasteiger partial charge >= 0.3 is 12.1 Å². The number of rotatable bonds is 8. The molecule has 216 valence electrons. The molecule has 8 nitrogen and oxygen atoms in total. The second kappa shape index (κ2) is 11.5. The van der Waals surface area contributed by atoms with Gasteiger partial charge in [-0.15, -0.1) is 11.3 Å². The minimum Gasteiger partial charge on any atom is -0.478 e. The van der Waals surface area contributed by atoms with Crippen LogP contribution in [0.1, 0.15) is 32.8 Å². The van der Waals surface area contributed by atoms with Gasteiger partial charge in [0, 0.05) is 29.5 Å². The molecule has 5 rings (SSSR count). The van der Waals surface area contributed by atoms with Gasteiger partial charge in [-0.2, -0.15) is 13.2 Å². The topological polar surface area (TPSA) is 99.5 Å². The first-order chi connectivity index (χ1) is 19.5. The van der Waals surface area contributed by atoms with Crippen LogP contribution in [0.15, 0.2) is 53.9 Å². The number of halogens is 4. The molecule has 1 amide bonds. The van der Waals surface area contributed by atoms with Crippen molar-refractivity contribution >= 4 is 39.8 Å². The Labute approximate surface area is 236 Å². The predicted molar refractivity (Wildman–Crippen MR) is 148 cm³/mol. The van der Waals surface area contributed by atoms with E-state index in [0.29, 0.717) is 40.3 Å². The number of benzene rings is 2. The molecule has 13 heteroatoms.